The molecule has 4 nitrogen and oxygen atoms in total. The van der Waals surface area contributed by atoms with Gasteiger partial charge >= 0.3 is 0 Å². The molecule has 0 aromatic heterocycles. The Morgan fingerprint density at radius 2 is 2.06 bits per heavy atom. The van der Waals surface area contributed by atoms with Gasteiger partial charge in [0.15, 0.2) is 6.29 Å². The van der Waals surface area contributed by atoms with Gasteiger partial charge in [-0.15, -0.1) is 0 Å². The van der Waals surface area contributed by atoms with Gasteiger partial charge in [-0.25, -0.2) is 0 Å². The Bertz CT molecular complexity index is 391. The number of nitrogens with one attached hydrogen (secondary N) is 1. The maximum atomic E-state index is 11.9. The average Bonchev–Trinajstić information content (AvgIpc) is 2.33. The summed E-state index contributed by atoms with van der Waals surface area (Å²) in [6.07, 6.45) is -0.428. The molecule has 0 unspecified atom stereocenters. The molecule has 0 fully saturated rings. The molecular weight excluding hydrogens is 286 g/mol. The van der Waals surface area contributed by atoms with E-state index in [-0.39, 0.29) is 5.91 Å². The Labute approximate surface area is 109 Å². The number of ether oxygens (including phenoxy) is 2. The molecule has 1 rings (SSSR count). The van der Waals surface area contributed by atoms with Crippen LogP contribution in [0.2, 0.25) is 0 Å². The Balaban J connectivity index is 2.67. The third-order valence-corrected chi connectivity index (χ3v) is 3.44. The molecule has 1 N–H and O–H groups in total. The lowest BCUT2D eigenvalue weighted by Gasteiger charge is -2.14. The zero-order valence-corrected chi connectivity index (χ0v) is 11.7. The molecule has 0 aliphatic carbocycles. The van der Waals surface area contributed by atoms with Crippen LogP contribution < -0.4 is 5.32 Å². The molecule has 0 saturated heterocycles. The third kappa shape index (κ3) is 3.80. The van der Waals surface area contributed by atoms with E-state index in [1.807, 2.05) is 19.1 Å². The van der Waals surface area contributed by atoms with Crippen LogP contribution in [-0.4, -0.2) is 33.0 Å². The van der Waals surface area contributed by atoms with E-state index in [0.717, 1.165) is 10.0 Å². The number of carbonyl (C=O) groups excluding carboxylic acids is 1. The summed E-state index contributed by atoms with van der Waals surface area (Å²) in [7, 11) is 3.06. The van der Waals surface area contributed by atoms with Crippen LogP contribution in [0.4, 0.5) is 0 Å². The average molecular weight is 302 g/mol. The van der Waals surface area contributed by atoms with Crippen molar-refractivity contribution < 1.29 is 14.3 Å². The van der Waals surface area contributed by atoms with Crippen molar-refractivity contribution in [2.75, 3.05) is 20.8 Å². The molecule has 0 aliphatic heterocycles. The highest BCUT2D eigenvalue weighted by Gasteiger charge is 2.13. The standard InChI is InChI=1S/C12H16BrNO3/c1-8-5-4-6-9(11(8)13)12(15)14-7-10(16-2)17-3/h4-6,10H,7H2,1-3H3,(H,14,15). The number of methoxy groups -OCH3 is 2. The molecular formula is C12H16BrNO3. The van der Waals surface area contributed by atoms with E-state index in [4.69, 9.17) is 9.47 Å². The minimum atomic E-state index is -0.428. The summed E-state index contributed by atoms with van der Waals surface area (Å²) in [6.45, 7) is 2.25. The summed E-state index contributed by atoms with van der Waals surface area (Å²) >= 11 is 3.40. The first-order valence-corrected chi connectivity index (χ1v) is 5.98. The van der Waals surface area contributed by atoms with Crippen molar-refractivity contribution >= 4 is 21.8 Å². The lowest BCUT2D eigenvalue weighted by molar-refractivity contribution is -0.0974. The molecule has 0 aliphatic rings. The van der Waals surface area contributed by atoms with E-state index in [0.29, 0.717) is 12.1 Å². The van der Waals surface area contributed by atoms with E-state index >= 15 is 0 Å². The van der Waals surface area contributed by atoms with E-state index in [9.17, 15) is 4.79 Å². The molecule has 0 radical (unpaired) electrons. The van der Waals surface area contributed by atoms with Crippen LogP contribution in [0.5, 0.6) is 0 Å². The molecule has 5 heteroatoms. The van der Waals surface area contributed by atoms with Crippen molar-refractivity contribution in [1.29, 1.82) is 0 Å². The molecule has 0 saturated carbocycles. The van der Waals surface area contributed by atoms with Gasteiger partial charge in [0.25, 0.3) is 5.91 Å². The van der Waals surface area contributed by atoms with Crippen molar-refractivity contribution in [1.82, 2.24) is 5.32 Å². The minimum absolute atomic E-state index is 0.153. The Morgan fingerprint density at radius 3 is 2.65 bits per heavy atom. The quantitative estimate of drug-likeness (QED) is 0.847. The number of halogens is 1. The van der Waals surface area contributed by atoms with Gasteiger partial charge in [-0.2, -0.15) is 0 Å². The number of hydrogen-bond acceptors (Lipinski definition) is 3. The summed E-state index contributed by atoms with van der Waals surface area (Å²) < 4.78 is 10.8. The van der Waals surface area contributed by atoms with E-state index in [2.05, 4.69) is 21.2 Å². The van der Waals surface area contributed by atoms with Gasteiger partial charge in [-0.3, -0.25) is 4.79 Å². The first-order chi connectivity index (χ1) is 8.10. The SMILES string of the molecule is COC(CNC(=O)c1cccc(C)c1Br)OC. The van der Waals surface area contributed by atoms with Crippen molar-refractivity contribution in [2.45, 2.75) is 13.2 Å². The van der Waals surface area contributed by atoms with Crippen LogP contribution in [0.15, 0.2) is 22.7 Å². The van der Waals surface area contributed by atoms with Crippen molar-refractivity contribution in [2.24, 2.45) is 0 Å². The van der Waals surface area contributed by atoms with E-state index in [1.54, 1.807) is 6.07 Å². The fourth-order valence-electron chi connectivity index (χ4n) is 1.36. The van der Waals surface area contributed by atoms with Crippen molar-refractivity contribution in [3.63, 3.8) is 0 Å². The summed E-state index contributed by atoms with van der Waals surface area (Å²) in [5.41, 5.74) is 1.63. The molecule has 0 bridgehead atoms. The molecule has 0 atom stereocenters. The Kier molecular flexibility index (Phi) is 5.61. The molecule has 1 aromatic rings. The summed E-state index contributed by atoms with van der Waals surface area (Å²) in [5.74, 6) is -0.153. The number of aryl methyl sites for hydroxylation is 1. The number of hydrogen-bond donors (Lipinski definition) is 1. The Morgan fingerprint density at radius 1 is 1.41 bits per heavy atom. The first kappa shape index (κ1) is 14.2. The maximum Gasteiger partial charge on any atom is 0.252 e. The van der Waals surface area contributed by atoms with Crippen molar-refractivity contribution in [3.8, 4) is 0 Å². The van der Waals surface area contributed by atoms with E-state index in [1.165, 1.54) is 14.2 Å². The number of rotatable bonds is 5. The second kappa shape index (κ2) is 6.74. The number of amides is 1. The zero-order valence-electron chi connectivity index (χ0n) is 10.1. The zero-order chi connectivity index (χ0) is 12.8. The lowest BCUT2D eigenvalue weighted by atomic mass is 10.1. The smallest absolute Gasteiger partial charge is 0.252 e. The summed E-state index contributed by atoms with van der Waals surface area (Å²) in [5, 5.41) is 2.75. The first-order valence-electron chi connectivity index (χ1n) is 5.19. The number of benzene rings is 1. The van der Waals surface area contributed by atoms with Gasteiger partial charge in [0, 0.05) is 18.7 Å². The van der Waals surface area contributed by atoms with Crippen LogP contribution >= 0.6 is 15.9 Å². The summed E-state index contributed by atoms with van der Waals surface area (Å²) in [4.78, 5) is 11.9. The Hall–Kier alpha value is -0.910. The lowest BCUT2D eigenvalue weighted by Crippen LogP contribution is -2.34. The van der Waals surface area contributed by atoms with Crippen LogP contribution in [0, 0.1) is 6.92 Å². The normalized spacial score (nSPS) is 10.6. The molecule has 1 amide bonds. The molecule has 0 spiro atoms. The van der Waals surface area contributed by atoms with Gasteiger partial charge in [0.1, 0.15) is 0 Å². The van der Waals surface area contributed by atoms with Gasteiger partial charge < -0.3 is 14.8 Å². The predicted molar refractivity (Wildman–Crippen MR) is 69.0 cm³/mol. The fraction of sp³-hybridized carbons (Fsp3) is 0.417. The van der Waals surface area contributed by atoms with E-state index < -0.39 is 6.29 Å². The fourth-order valence-corrected chi connectivity index (χ4v) is 1.80. The molecule has 94 valence electrons. The van der Waals surface area contributed by atoms with Crippen molar-refractivity contribution in [3.05, 3.63) is 33.8 Å². The highest BCUT2D eigenvalue weighted by Crippen LogP contribution is 2.20. The minimum Gasteiger partial charge on any atom is -0.354 e. The van der Waals surface area contributed by atoms with Crippen LogP contribution in [0.1, 0.15) is 15.9 Å². The molecule has 17 heavy (non-hydrogen) atoms. The summed E-state index contributed by atoms with van der Waals surface area (Å²) in [6, 6.07) is 5.55. The van der Waals surface area contributed by atoms with Crippen LogP contribution in [0.3, 0.4) is 0 Å². The third-order valence-electron chi connectivity index (χ3n) is 2.39. The van der Waals surface area contributed by atoms with Gasteiger partial charge in [0.05, 0.1) is 12.1 Å². The highest BCUT2D eigenvalue weighted by atomic mass is 79.9. The molecule has 1 aromatic carbocycles. The maximum absolute atomic E-state index is 11.9. The second-order valence-electron chi connectivity index (χ2n) is 3.55. The predicted octanol–water partition coefficient (Wildman–Crippen LogP) is 2.11. The molecule has 0 heterocycles. The highest BCUT2D eigenvalue weighted by molar-refractivity contribution is 9.10. The number of carbonyl (C=O) groups is 1. The largest absolute Gasteiger partial charge is 0.354 e. The van der Waals surface area contributed by atoms with Gasteiger partial charge in [-0.05, 0) is 34.5 Å². The topological polar surface area (TPSA) is 47.6 Å². The van der Waals surface area contributed by atoms with Crippen LogP contribution in [0.25, 0.3) is 0 Å². The van der Waals surface area contributed by atoms with Gasteiger partial charge in [-0.1, -0.05) is 12.1 Å². The van der Waals surface area contributed by atoms with Crippen LogP contribution in [-0.2, 0) is 9.47 Å². The second-order valence-corrected chi connectivity index (χ2v) is 4.34. The van der Waals surface area contributed by atoms with Gasteiger partial charge in [0.2, 0.25) is 0 Å². The monoisotopic (exact) mass is 301 g/mol.